The highest BCUT2D eigenvalue weighted by Gasteiger charge is 2.32. The van der Waals surface area contributed by atoms with Crippen LogP contribution in [-0.4, -0.2) is 39.8 Å². The molecule has 156 valence electrons. The fourth-order valence-corrected chi connectivity index (χ4v) is 4.37. The number of amides is 1. The number of Topliss-reactive ketones (excluding diaryl/α,β-unsaturated/α-hetero) is 1. The number of likely N-dealkylation sites (tertiary alicyclic amines) is 1. The zero-order valence-corrected chi connectivity index (χ0v) is 17.4. The Hall–Kier alpha value is -3.67. The van der Waals surface area contributed by atoms with E-state index >= 15 is 0 Å². The van der Waals surface area contributed by atoms with Crippen LogP contribution in [0.3, 0.4) is 0 Å². The minimum absolute atomic E-state index is 0.384. The van der Waals surface area contributed by atoms with E-state index in [-0.39, 0.29) is 0 Å². The average Bonchev–Trinajstić information content (AvgIpc) is 3.39. The van der Waals surface area contributed by atoms with Crippen molar-refractivity contribution in [2.75, 3.05) is 13.1 Å². The van der Waals surface area contributed by atoms with E-state index in [1.807, 2.05) is 61.5 Å². The number of para-hydroxylation sites is 1. The van der Waals surface area contributed by atoms with Crippen molar-refractivity contribution >= 4 is 22.6 Å². The third-order valence-electron chi connectivity index (χ3n) is 5.93. The van der Waals surface area contributed by atoms with Gasteiger partial charge in [-0.1, -0.05) is 53.7 Å². The Morgan fingerprint density at radius 2 is 1.68 bits per heavy atom. The Morgan fingerprint density at radius 3 is 2.45 bits per heavy atom. The number of carbonyl (C=O) groups excluding carboxylic acids is 2. The fourth-order valence-electron chi connectivity index (χ4n) is 4.37. The van der Waals surface area contributed by atoms with Gasteiger partial charge >= 0.3 is 0 Å². The Kier molecular flexibility index (Phi) is 4.90. The predicted molar refractivity (Wildman–Crippen MR) is 119 cm³/mol. The maximum atomic E-state index is 13.5. The maximum Gasteiger partial charge on any atom is 0.295 e. The normalized spacial score (nSPS) is 14.2. The van der Waals surface area contributed by atoms with Gasteiger partial charge in [-0.15, -0.1) is 0 Å². The lowest BCUT2D eigenvalue weighted by Crippen LogP contribution is -2.40. The van der Waals surface area contributed by atoms with Crippen molar-refractivity contribution in [1.29, 1.82) is 0 Å². The van der Waals surface area contributed by atoms with E-state index in [9.17, 15) is 9.59 Å². The molecule has 0 saturated carbocycles. The SMILES string of the molecule is Cc1onc(-c2ccccc2)c1-c1[nH]c2ccccc2c1C(=O)C(=O)N1CCCCC1. The van der Waals surface area contributed by atoms with Crippen LogP contribution in [0.2, 0.25) is 0 Å². The van der Waals surface area contributed by atoms with Crippen LogP contribution < -0.4 is 0 Å². The van der Waals surface area contributed by atoms with Crippen LogP contribution in [0.15, 0.2) is 59.1 Å². The predicted octanol–water partition coefficient (Wildman–Crippen LogP) is 4.99. The van der Waals surface area contributed by atoms with Gasteiger partial charge < -0.3 is 14.4 Å². The molecule has 0 atom stereocenters. The second kappa shape index (κ2) is 7.87. The summed E-state index contributed by atoms with van der Waals surface area (Å²) in [5.41, 5.74) is 3.99. The molecule has 1 aliphatic rings. The molecule has 2 aromatic carbocycles. The molecule has 1 N–H and O–H groups in total. The van der Waals surface area contributed by atoms with Gasteiger partial charge in [0, 0.05) is 29.6 Å². The second-order valence-corrected chi connectivity index (χ2v) is 7.93. The Morgan fingerprint density at radius 1 is 0.968 bits per heavy atom. The van der Waals surface area contributed by atoms with Crippen molar-refractivity contribution in [3.8, 4) is 22.5 Å². The monoisotopic (exact) mass is 413 g/mol. The summed E-state index contributed by atoms with van der Waals surface area (Å²) in [5, 5.41) is 5.00. The number of rotatable bonds is 4. The van der Waals surface area contributed by atoms with Crippen molar-refractivity contribution in [2.45, 2.75) is 26.2 Å². The van der Waals surface area contributed by atoms with E-state index in [1.165, 1.54) is 0 Å². The van der Waals surface area contributed by atoms with Gasteiger partial charge in [-0.05, 0) is 32.3 Å². The maximum absolute atomic E-state index is 13.5. The number of aromatic amines is 1. The molecule has 6 heteroatoms. The number of aromatic nitrogens is 2. The number of aryl methyl sites for hydroxylation is 1. The van der Waals surface area contributed by atoms with Crippen LogP contribution in [0.25, 0.3) is 33.4 Å². The van der Waals surface area contributed by atoms with Crippen molar-refractivity contribution in [2.24, 2.45) is 0 Å². The molecule has 0 bridgehead atoms. The molecular formula is C25H23N3O3. The minimum atomic E-state index is -0.492. The molecule has 1 amide bonds. The van der Waals surface area contributed by atoms with Gasteiger partial charge in [0.05, 0.1) is 16.8 Å². The van der Waals surface area contributed by atoms with E-state index in [2.05, 4.69) is 10.1 Å². The topological polar surface area (TPSA) is 79.2 Å². The lowest BCUT2D eigenvalue weighted by Gasteiger charge is -2.26. The third-order valence-corrected chi connectivity index (χ3v) is 5.93. The number of fused-ring (bicyclic) bond motifs is 1. The molecule has 0 unspecified atom stereocenters. The summed E-state index contributed by atoms with van der Waals surface area (Å²) in [7, 11) is 0. The smallest absolute Gasteiger partial charge is 0.295 e. The molecule has 1 saturated heterocycles. The third kappa shape index (κ3) is 3.34. The molecule has 6 nitrogen and oxygen atoms in total. The van der Waals surface area contributed by atoms with Crippen LogP contribution in [0, 0.1) is 6.92 Å². The quantitative estimate of drug-likeness (QED) is 0.377. The lowest BCUT2D eigenvalue weighted by molar-refractivity contribution is -0.127. The fraction of sp³-hybridized carbons (Fsp3) is 0.240. The summed E-state index contributed by atoms with van der Waals surface area (Å²) in [4.78, 5) is 31.7. The molecule has 0 spiro atoms. The molecule has 5 rings (SSSR count). The average molecular weight is 413 g/mol. The Bertz CT molecular complexity index is 1260. The molecule has 3 heterocycles. The van der Waals surface area contributed by atoms with Crippen molar-refractivity contribution in [1.82, 2.24) is 15.0 Å². The van der Waals surface area contributed by atoms with Gasteiger partial charge in [0.2, 0.25) is 0 Å². The van der Waals surface area contributed by atoms with Crippen molar-refractivity contribution < 1.29 is 14.1 Å². The first-order chi connectivity index (χ1) is 15.1. The van der Waals surface area contributed by atoms with Gasteiger partial charge in [-0.25, -0.2) is 0 Å². The van der Waals surface area contributed by atoms with Crippen LogP contribution in [0.1, 0.15) is 35.4 Å². The summed E-state index contributed by atoms with van der Waals surface area (Å²) in [6.07, 6.45) is 2.96. The van der Waals surface area contributed by atoms with E-state index in [0.717, 1.165) is 35.7 Å². The number of piperidine rings is 1. The van der Waals surface area contributed by atoms with Crippen LogP contribution in [0.5, 0.6) is 0 Å². The zero-order valence-electron chi connectivity index (χ0n) is 17.4. The summed E-state index contributed by atoms with van der Waals surface area (Å²) in [6.45, 7) is 3.08. The number of benzene rings is 2. The number of H-pyrrole nitrogens is 1. The highest BCUT2D eigenvalue weighted by Crippen LogP contribution is 2.38. The van der Waals surface area contributed by atoms with Crippen LogP contribution in [-0.2, 0) is 4.79 Å². The van der Waals surface area contributed by atoms with Crippen LogP contribution >= 0.6 is 0 Å². The molecule has 31 heavy (non-hydrogen) atoms. The number of carbonyl (C=O) groups is 2. The highest BCUT2D eigenvalue weighted by atomic mass is 16.5. The Labute approximate surface area is 179 Å². The van der Waals surface area contributed by atoms with E-state index in [1.54, 1.807) is 4.90 Å². The zero-order chi connectivity index (χ0) is 21.4. The van der Waals surface area contributed by atoms with Crippen LogP contribution in [0.4, 0.5) is 0 Å². The van der Waals surface area contributed by atoms with Crippen molar-refractivity contribution in [3.05, 3.63) is 65.9 Å². The lowest BCUT2D eigenvalue weighted by atomic mass is 9.97. The standard InChI is InChI=1S/C25H23N3O3/c1-16-20(22(27-31-16)17-10-4-2-5-11-17)23-21(18-12-6-7-13-19(18)26-23)24(29)25(30)28-14-8-3-9-15-28/h2,4-7,10-13,26H,3,8-9,14-15H2,1H3. The van der Waals surface area contributed by atoms with Gasteiger partial charge in [0.1, 0.15) is 11.5 Å². The number of nitrogens with zero attached hydrogens (tertiary/aromatic N) is 2. The molecule has 0 radical (unpaired) electrons. The van der Waals surface area contributed by atoms with Gasteiger partial charge in [-0.2, -0.15) is 0 Å². The van der Waals surface area contributed by atoms with E-state index in [0.29, 0.717) is 41.4 Å². The Balaban J connectivity index is 1.69. The molecule has 2 aromatic heterocycles. The second-order valence-electron chi connectivity index (χ2n) is 7.93. The largest absolute Gasteiger partial charge is 0.360 e. The molecular weight excluding hydrogens is 390 g/mol. The minimum Gasteiger partial charge on any atom is -0.360 e. The molecule has 1 fully saturated rings. The number of nitrogens with one attached hydrogen (secondary N) is 1. The number of ketones is 1. The molecule has 0 aliphatic carbocycles. The van der Waals surface area contributed by atoms with Gasteiger partial charge in [-0.3, -0.25) is 9.59 Å². The summed E-state index contributed by atoms with van der Waals surface area (Å²) in [6, 6.07) is 17.3. The number of hydrogen-bond acceptors (Lipinski definition) is 4. The first kappa shape index (κ1) is 19.3. The molecule has 1 aliphatic heterocycles. The number of hydrogen-bond donors (Lipinski definition) is 1. The van der Waals surface area contributed by atoms with Crippen molar-refractivity contribution in [3.63, 3.8) is 0 Å². The van der Waals surface area contributed by atoms with Gasteiger partial charge in [0.15, 0.2) is 0 Å². The summed E-state index contributed by atoms with van der Waals surface area (Å²) >= 11 is 0. The van der Waals surface area contributed by atoms with Gasteiger partial charge in [0.25, 0.3) is 11.7 Å². The summed E-state index contributed by atoms with van der Waals surface area (Å²) in [5.74, 6) is -0.347. The summed E-state index contributed by atoms with van der Waals surface area (Å²) < 4.78 is 5.54. The first-order valence-electron chi connectivity index (χ1n) is 10.6. The highest BCUT2D eigenvalue weighted by molar-refractivity contribution is 6.46. The first-order valence-corrected chi connectivity index (χ1v) is 10.6. The van der Waals surface area contributed by atoms with E-state index < -0.39 is 11.7 Å². The molecule has 4 aromatic rings. The van der Waals surface area contributed by atoms with E-state index in [4.69, 9.17) is 4.52 Å².